The van der Waals surface area contributed by atoms with Crippen molar-refractivity contribution in [1.29, 1.82) is 0 Å². The quantitative estimate of drug-likeness (QED) is 0.807. The number of aliphatic hydroxyl groups excluding tert-OH is 2. The normalized spacial score (nSPS) is 10.2. The Morgan fingerprint density at radius 3 is 2.62 bits per heavy atom. The molecule has 114 valence electrons. The summed E-state index contributed by atoms with van der Waals surface area (Å²) >= 11 is 0. The van der Waals surface area contributed by atoms with Crippen LogP contribution in [0.3, 0.4) is 0 Å². The van der Waals surface area contributed by atoms with Crippen LogP contribution in [0.5, 0.6) is 0 Å². The Bertz CT molecular complexity index is 546. The van der Waals surface area contributed by atoms with E-state index >= 15 is 0 Å². The lowest BCUT2D eigenvalue weighted by atomic mass is 10.1. The minimum atomic E-state index is -0.615. The predicted octanol–water partition coefficient (Wildman–Crippen LogP) is 1.40. The molecule has 1 aromatic rings. The molecule has 0 spiro atoms. The van der Waals surface area contributed by atoms with Crippen molar-refractivity contribution < 1.29 is 19.4 Å². The summed E-state index contributed by atoms with van der Waals surface area (Å²) < 4.78 is 13.9. The van der Waals surface area contributed by atoms with Crippen LogP contribution in [0, 0.1) is 17.7 Å². The third-order valence-corrected chi connectivity index (χ3v) is 2.89. The van der Waals surface area contributed by atoms with E-state index in [0.29, 0.717) is 12.0 Å². The van der Waals surface area contributed by atoms with Gasteiger partial charge in [0.05, 0.1) is 18.8 Å². The van der Waals surface area contributed by atoms with Gasteiger partial charge in [-0.25, -0.2) is 4.39 Å². The molecule has 1 amide bonds. The second-order valence-corrected chi connectivity index (χ2v) is 4.79. The summed E-state index contributed by atoms with van der Waals surface area (Å²) in [5.74, 6) is 4.41. The van der Waals surface area contributed by atoms with Crippen molar-refractivity contribution in [2.75, 3.05) is 19.8 Å². The van der Waals surface area contributed by atoms with Gasteiger partial charge in [-0.2, -0.15) is 0 Å². The van der Waals surface area contributed by atoms with Gasteiger partial charge in [0, 0.05) is 24.6 Å². The number of nitrogens with zero attached hydrogens (tertiary/aromatic N) is 1. The highest BCUT2D eigenvalue weighted by molar-refractivity contribution is 5.95. The van der Waals surface area contributed by atoms with Crippen molar-refractivity contribution >= 4 is 5.91 Å². The first-order chi connectivity index (χ1) is 10.0. The number of hydrogen-bond acceptors (Lipinski definition) is 3. The Morgan fingerprint density at radius 2 is 2.05 bits per heavy atom. The van der Waals surface area contributed by atoms with Gasteiger partial charge in [-0.1, -0.05) is 11.8 Å². The molecule has 0 atom stereocenters. The third-order valence-electron chi connectivity index (χ3n) is 2.89. The fourth-order valence-electron chi connectivity index (χ4n) is 1.84. The molecule has 0 aliphatic heterocycles. The molecule has 0 unspecified atom stereocenters. The Kier molecular flexibility index (Phi) is 6.86. The van der Waals surface area contributed by atoms with E-state index in [1.54, 1.807) is 13.8 Å². The third kappa shape index (κ3) is 4.85. The van der Waals surface area contributed by atoms with Crippen LogP contribution in [0.1, 0.15) is 36.2 Å². The average molecular weight is 293 g/mol. The predicted molar refractivity (Wildman–Crippen MR) is 78.2 cm³/mol. The molecule has 0 aromatic heterocycles. The van der Waals surface area contributed by atoms with Gasteiger partial charge in [-0.05, 0) is 32.0 Å². The Hall–Kier alpha value is -1.90. The molecule has 0 fully saturated rings. The van der Waals surface area contributed by atoms with E-state index in [-0.39, 0.29) is 31.4 Å². The summed E-state index contributed by atoms with van der Waals surface area (Å²) in [5.41, 5.74) is 0.453. The zero-order chi connectivity index (χ0) is 15.8. The van der Waals surface area contributed by atoms with Crippen LogP contribution in [0.25, 0.3) is 0 Å². The number of aliphatic hydroxyl groups is 2. The van der Waals surface area contributed by atoms with Crippen LogP contribution in [-0.4, -0.2) is 46.8 Å². The molecule has 0 aliphatic rings. The first kappa shape index (κ1) is 17.2. The van der Waals surface area contributed by atoms with Gasteiger partial charge in [0.1, 0.15) is 5.82 Å². The van der Waals surface area contributed by atoms with E-state index in [1.165, 1.54) is 23.1 Å². The maximum absolute atomic E-state index is 13.9. The first-order valence-electron chi connectivity index (χ1n) is 6.82. The molecule has 0 saturated heterocycles. The fourth-order valence-corrected chi connectivity index (χ4v) is 1.84. The Labute approximate surface area is 124 Å². The number of benzene rings is 1. The highest BCUT2D eigenvalue weighted by Crippen LogP contribution is 2.14. The van der Waals surface area contributed by atoms with E-state index in [4.69, 9.17) is 10.2 Å². The fraction of sp³-hybridized carbons (Fsp3) is 0.438. The van der Waals surface area contributed by atoms with Gasteiger partial charge < -0.3 is 15.1 Å². The maximum Gasteiger partial charge on any atom is 0.257 e. The zero-order valence-electron chi connectivity index (χ0n) is 12.3. The molecule has 0 radical (unpaired) electrons. The number of halogens is 1. The smallest absolute Gasteiger partial charge is 0.257 e. The average Bonchev–Trinajstić information content (AvgIpc) is 2.45. The van der Waals surface area contributed by atoms with Crippen molar-refractivity contribution in [1.82, 2.24) is 4.90 Å². The van der Waals surface area contributed by atoms with Gasteiger partial charge in [0.25, 0.3) is 5.91 Å². The van der Waals surface area contributed by atoms with Crippen LogP contribution in [-0.2, 0) is 0 Å². The van der Waals surface area contributed by atoms with Crippen molar-refractivity contribution in [2.45, 2.75) is 26.3 Å². The lowest BCUT2D eigenvalue weighted by molar-refractivity contribution is 0.0660. The standard InChI is InChI=1S/C16H20FNO3/c1-12(2)18(8-10-20)16(21)14-11-13(5-3-4-9-19)6-7-15(14)17/h6-7,11-12,19-20H,4,8-10H2,1-2H3. The zero-order valence-corrected chi connectivity index (χ0v) is 12.3. The lowest BCUT2D eigenvalue weighted by Gasteiger charge is -2.26. The van der Waals surface area contributed by atoms with Crippen LogP contribution in [0.2, 0.25) is 0 Å². The summed E-state index contributed by atoms with van der Waals surface area (Å²) in [7, 11) is 0. The van der Waals surface area contributed by atoms with Crippen LogP contribution < -0.4 is 0 Å². The molecular formula is C16H20FNO3. The molecule has 1 rings (SSSR count). The number of carbonyl (C=O) groups is 1. The molecule has 4 nitrogen and oxygen atoms in total. The monoisotopic (exact) mass is 293 g/mol. The van der Waals surface area contributed by atoms with Crippen molar-refractivity contribution in [3.8, 4) is 11.8 Å². The van der Waals surface area contributed by atoms with Gasteiger partial charge >= 0.3 is 0 Å². The maximum atomic E-state index is 13.9. The highest BCUT2D eigenvalue weighted by Gasteiger charge is 2.21. The minimum absolute atomic E-state index is 0.0440. The van der Waals surface area contributed by atoms with Gasteiger partial charge in [0.2, 0.25) is 0 Å². The van der Waals surface area contributed by atoms with Gasteiger partial charge in [0.15, 0.2) is 0 Å². The summed E-state index contributed by atoms with van der Waals surface area (Å²) in [6.07, 6.45) is 0.323. The van der Waals surface area contributed by atoms with E-state index in [9.17, 15) is 9.18 Å². The van der Waals surface area contributed by atoms with Crippen molar-refractivity contribution in [3.05, 3.63) is 35.1 Å². The van der Waals surface area contributed by atoms with E-state index in [0.717, 1.165) is 0 Å². The summed E-state index contributed by atoms with van der Waals surface area (Å²) in [6.45, 7) is 3.53. The van der Waals surface area contributed by atoms with Crippen LogP contribution >= 0.6 is 0 Å². The molecule has 0 aliphatic carbocycles. The molecule has 0 bridgehead atoms. The van der Waals surface area contributed by atoms with Crippen molar-refractivity contribution in [3.63, 3.8) is 0 Å². The molecular weight excluding hydrogens is 273 g/mol. The number of carbonyl (C=O) groups excluding carboxylic acids is 1. The second-order valence-electron chi connectivity index (χ2n) is 4.79. The minimum Gasteiger partial charge on any atom is -0.395 e. The molecule has 0 heterocycles. The molecule has 0 saturated carbocycles. The second kappa shape index (κ2) is 8.40. The van der Waals surface area contributed by atoms with E-state index < -0.39 is 11.7 Å². The molecule has 5 heteroatoms. The molecule has 2 N–H and O–H groups in total. The number of hydrogen-bond donors (Lipinski definition) is 2. The molecule has 1 aromatic carbocycles. The molecule has 21 heavy (non-hydrogen) atoms. The number of rotatable bonds is 5. The van der Waals surface area contributed by atoms with Gasteiger partial charge in [-0.15, -0.1) is 0 Å². The van der Waals surface area contributed by atoms with E-state index in [2.05, 4.69) is 11.8 Å². The highest BCUT2D eigenvalue weighted by atomic mass is 19.1. The van der Waals surface area contributed by atoms with Gasteiger partial charge in [-0.3, -0.25) is 4.79 Å². The Morgan fingerprint density at radius 1 is 1.33 bits per heavy atom. The lowest BCUT2D eigenvalue weighted by Crippen LogP contribution is -2.39. The summed E-state index contributed by atoms with van der Waals surface area (Å²) in [4.78, 5) is 13.8. The van der Waals surface area contributed by atoms with E-state index in [1.807, 2.05) is 0 Å². The summed E-state index contributed by atoms with van der Waals surface area (Å²) in [5, 5.41) is 17.7. The number of amides is 1. The topological polar surface area (TPSA) is 60.8 Å². The largest absolute Gasteiger partial charge is 0.395 e. The SMILES string of the molecule is CC(C)N(CCO)C(=O)c1cc(C#CCCO)ccc1F. The van der Waals surface area contributed by atoms with Crippen LogP contribution in [0.15, 0.2) is 18.2 Å². The van der Waals surface area contributed by atoms with Crippen molar-refractivity contribution in [2.24, 2.45) is 0 Å². The summed E-state index contributed by atoms with van der Waals surface area (Å²) in [6, 6.07) is 3.94. The van der Waals surface area contributed by atoms with Crippen LogP contribution in [0.4, 0.5) is 4.39 Å². The first-order valence-corrected chi connectivity index (χ1v) is 6.82. The Balaban J connectivity index is 3.08.